The van der Waals surface area contributed by atoms with Gasteiger partial charge in [-0.3, -0.25) is 14.5 Å². The predicted octanol–water partition coefficient (Wildman–Crippen LogP) is 5.43. The van der Waals surface area contributed by atoms with Crippen molar-refractivity contribution in [1.82, 2.24) is 4.98 Å². The minimum atomic E-state index is -5.60. The van der Waals surface area contributed by atoms with Gasteiger partial charge in [-0.15, -0.1) is 0 Å². The molecule has 1 N–H and O–H groups in total. The smallest absolute Gasteiger partial charge is 0.488 e. The molecule has 0 atom stereocenters. The number of carbonyl (C=O) groups is 1. The molecule has 0 unspecified atom stereocenters. The minimum absolute atomic E-state index is 0.0185. The van der Waals surface area contributed by atoms with Gasteiger partial charge in [0.1, 0.15) is 12.4 Å². The molecule has 3 aromatic rings. The summed E-state index contributed by atoms with van der Waals surface area (Å²) in [6, 6.07) is 13.7. The second-order valence-corrected chi connectivity index (χ2v) is 9.59. The maximum Gasteiger partial charge on any atom is 0.516 e. The Bertz CT molecular complexity index is 1370. The van der Waals surface area contributed by atoms with Gasteiger partial charge in [0.15, 0.2) is 5.78 Å². The lowest BCUT2D eigenvalue weighted by Gasteiger charge is -2.20. The molecule has 33 heavy (non-hydrogen) atoms. The number of Topliss-reactive ketones (excluding diaryl/α,β-unsaturated/α-hetero) is 1. The second-order valence-electron chi connectivity index (χ2n) is 7.00. The number of anilines is 1. The second kappa shape index (κ2) is 8.64. The van der Waals surface area contributed by atoms with Crippen molar-refractivity contribution in [2.45, 2.75) is 5.51 Å². The van der Waals surface area contributed by atoms with Crippen molar-refractivity contribution in [1.29, 1.82) is 0 Å². The van der Waals surface area contributed by atoms with Crippen molar-refractivity contribution < 1.29 is 31.1 Å². The Labute approximate surface area is 195 Å². The third-order valence-electron chi connectivity index (χ3n) is 4.76. The number of para-hydroxylation sites is 1. The molecule has 0 saturated heterocycles. The number of ether oxygens (including phenoxy) is 1. The number of pyridine rings is 1. The summed E-state index contributed by atoms with van der Waals surface area (Å²) in [6.07, 6.45) is 3.22. The van der Waals surface area contributed by atoms with Crippen LogP contribution in [-0.4, -0.2) is 31.3 Å². The third kappa shape index (κ3) is 4.79. The molecule has 1 aliphatic rings. The van der Waals surface area contributed by atoms with Crippen LogP contribution in [0.15, 0.2) is 70.8 Å². The number of rotatable bonds is 4. The van der Waals surface area contributed by atoms with Gasteiger partial charge in [0.25, 0.3) is 0 Å². The molecule has 6 nitrogen and oxygen atoms in total. The molecule has 4 rings (SSSR count). The predicted molar refractivity (Wildman–Crippen MR) is 120 cm³/mol. The molecule has 2 aromatic carbocycles. The Hall–Kier alpha value is -3.18. The summed E-state index contributed by atoms with van der Waals surface area (Å²) in [5.74, 6) is -0.0227. The zero-order valence-corrected chi connectivity index (χ0v) is 19.0. The van der Waals surface area contributed by atoms with Crippen LogP contribution in [0.25, 0.3) is 17.2 Å². The number of hydrogen-bond donors (Lipinski definition) is 1. The van der Waals surface area contributed by atoms with Gasteiger partial charge in [-0.2, -0.15) is 21.6 Å². The summed E-state index contributed by atoms with van der Waals surface area (Å²) < 4.78 is 69.7. The fourth-order valence-electron chi connectivity index (χ4n) is 3.18. The highest BCUT2D eigenvalue weighted by molar-refractivity contribution is 9.10. The number of fused-ring (bicyclic) bond motifs is 1. The Morgan fingerprint density at radius 3 is 2.52 bits per heavy atom. The van der Waals surface area contributed by atoms with Gasteiger partial charge in [-0.1, -0.05) is 24.3 Å². The van der Waals surface area contributed by atoms with E-state index in [9.17, 15) is 26.4 Å². The Morgan fingerprint density at radius 2 is 1.82 bits per heavy atom. The van der Waals surface area contributed by atoms with Crippen molar-refractivity contribution in [3.8, 4) is 16.9 Å². The van der Waals surface area contributed by atoms with E-state index >= 15 is 0 Å². The Kier molecular flexibility index (Phi) is 6.02. The van der Waals surface area contributed by atoms with E-state index in [1.54, 1.807) is 35.2 Å². The summed E-state index contributed by atoms with van der Waals surface area (Å²) in [7, 11) is -5.60. The van der Waals surface area contributed by atoms with Crippen LogP contribution in [-0.2, 0) is 10.0 Å². The quantitative estimate of drug-likeness (QED) is 0.447. The van der Waals surface area contributed by atoms with Crippen LogP contribution < -0.4 is 9.46 Å². The van der Waals surface area contributed by atoms with E-state index < -0.39 is 15.5 Å². The number of carbonyl (C=O) groups excluding carboxylic acids is 1. The lowest BCUT2D eigenvalue weighted by molar-refractivity contribution is -0.0429. The Morgan fingerprint density at radius 1 is 1.06 bits per heavy atom. The van der Waals surface area contributed by atoms with Gasteiger partial charge >= 0.3 is 15.5 Å². The van der Waals surface area contributed by atoms with Crippen LogP contribution in [0.3, 0.4) is 0 Å². The molecule has 170 valence electrons. The van der Waals surface area contributed by atoms with Gasteiger partial charge in [-0.05, 0) is 57.9 Å². The van der Waals surface area contributed by atoms with Crippen molar-refractivity contribution in [2.75, 3.05) is 11.3 Å². The van der Waals surface area contributed by atoms with Crippen molar-refractivity contribution >= 4 is 43.5 Å². The summed E-state index contributed by atoms with van der Waals surface area (Å²) >= 11 is 3.29. The summed E-state index contributed by atoms with van der Waals surface area (Å²) in [4.78, 5) is 17.1. The first-order valence-corrected chi connectivity index (χ1v) is 11.6. The van der Waals surface area contributed by atoms with Gasteiger partial charge in [0, 0.05) is 21.8 Å². The fraction of sp³-hybridized carbons (Fsp3) is 0.0909. The number of hydrogen-bond acceptors (Lipinski definition) is 5. The molecule has 0 bridgehead atoms. The fourth-order valence-corrected chi connectivity index (χ4v) is 3.99. The van der Waals surface area contributed by atoms with Crippen LogP contribution in [0, 0.1) is 0 Å². The standard InChI is InChI=1S/C22H14BrF3N2O4S/c23-15-6-7-16(27-11-15)9-14-12-32-20-10-13(5-8-18(20)21(14)29)17-3-1-2-4-19(17)28-33(30,31)22(24,25)26/h1-11,28H,12H2. The van der Waals surface area contributed by atoms with Crippen molar-refractivity contribution in [3.63, 3.8) is 0 Å². The zero-order valence-electron chi connectivity index (χ0n) is 16.6. The number of ketones is 1. The summed E-state index contributed by atoms with van der Waals surface area (Å²) in [5.41, 5.74) is -3.88. The first kappa shape index (κ1) is 23.0. The molecule has 1 aliphatic heterocycles. The normalized spacial score (nSPS) is 15.2. The molecule has 0 saturated carbocycles. The van der Waals surface area contributed by atoms with E-state index in [4.69, 9.17) is 4.74 Å². The average molecular weight is 539 g/mol. The highest BCUT2D eigenvalue weighted by atomic mass is 79.9. The van der Waals surface area contributed by atoms with E-state index in [0.717, 1.165) is 4.47 Å². The molecular weight excluding hydrogens is 525 g/mol. The number of aromatic nitrogens is 1. The zero-order chi connectivity index (χ0) is 23.8. The van der Waals surface area contributed by atoms with E-state index in [1.807, 2.05) is 0 Å². The lowest BCUT2D eigenvalue weighted by atomic mass is 9.95. The molecule has 1 aromatic heterocycles. The van der Waals surface area contributed by atoms with E-state index in [1.165, 1.54) is 36.4 Å². The van der Waals surface area contributed by atoms with Crippen LogP contribution in [0.5, 0.6) is 5.75 Å². The topological polar surface area (TPSA) is 85.4 Å². The monoisotopic (exact) mass is 538 g/mol. The first-order valence-electron chi connectivity index (χ1n) is 9.37. The minimum Gasteiger partial charge on any atom is -0.488 e. The number of benzene rings is 2. The Balaban J connectivity index is 1.66. The maximum absolute atomic E-state index is 12.9. The number of nitrogens with zero attached hydrogens (tertiary/aromatic N) is 1. The van der Waals surface area contributed by atoms with Crippen LogP contribution in [0.4, 0.5) is 18.9 Å². The van der Waals surface area contributed by atoms with E-state index in [0.29, 0.717) is 16.8 Å². The molecule has 0 spiro atoms. The van der Waals surface area contributed by atoms with Gasteiger partial charge in [0.05, 0.1) is 16.9 Å². The van der Waals surface area contributed by atoms with Gasteiger partial charge < -0.3 is 4.74 Å². The largest absolute Gasteiger partial charge is 0.516 e. The highest BCUT2D eigenvalue weighted by Gasteiger charge is 2.46. The van der Waals surface area contributed by atoms with Crippen LogP contribution in [0.1, 0.15) is 16.1 Å². The number of nitrogens with one attached hydrogen (secondary N) is 1. The number of halogens is 4. The number of sulfonamides is 1. The number of alkyl halides is 3. The molecule has 11 heteroatoms. The maximum atomic E-state index is 12.9. The van der Waals surface area contributed by atoms with Crippen molar-refractivity contribution in [2.24, 2.45) is 0 Å². The summed E-state index contributed by atoms with van der Waals surface area (Å²) in [5, 5.41) is 0. The molecular formula is C22H14BrF3N2O4S. The van der Waals surface area contributed by atoms with E-state index in [-0.39, 0.29) is 35.0 Å². The lowest BCUT2D eigenvalue weighted by Crippen LogP contribution is -2.30. The molecule has 0 amide bonds. The molecule has 0 fully saturated rings. The van der Waals surface area contributed by atoms with Crippen molar-refractivity contribution in [3.05, 3.63) is 82.1 Å². The van der Waals surface area contributed by atoms with Crippen LogP contribution in [0.2, 0.25) is 0 Å². The molecule has 2 heterocycles. The third-order valence-corrected chi connectivity index (χ3v) is 6.33. The van der Waals surface area contributed by atoms with Crippen LogP contribution >= 0.6 is 15.9 Å². The average Bonchev–Trinajstić information content (AvgIpc) is 2.76. The molecule has 0 radical (unpaired) electrons. The molecule has 0 aliphatic carbocycles. The van der Waals surface area contributed by atoms with E-state index in [2.05, 4.69) is 20.9 Å². The first-order chi connectivity index (χ1) is 15.5. The summed E-state index contributed by atoms with van der Waals surface area (Å²) in [6.45, 7) is -0.0185. The van der Waals surface area contributed by atoms with Gasteiger partial charge in [-0.25, -0.2) is 0 Å². The SMILES string of the molecule is O=C1C(=Cc2ccc(Br)cn2)COc2cc(-c3ccccc3NS(=O)(=O)C(F)(F)F)ccc21. The van der Waals surface area contributed by atoms with Gasteiger partial charge in [0.2, 0.25) is 0 Å². The highest BCUT2D eigenvalue weighted by Crippen LogP contribution is 2.36.